The molecule has 1 aliphatic rings. The highest BCUT2D eigenvalue weighted by atomic mass is 16.7. The van der Waals surface area contributed by atoms with Crippen molar-refractivity contribution in [3.63, 3.8) is 0 Å². The van der Waals surface area contributed by atoms with Gasteiger partial charge in [-0.3, -0.25) is 19.7 Å². The minimum Gasteiger partial charge on any atom is -0.449 e. The van der Waals surface area contributed by atoms with E-state index in [1.807, 2.05) is 62.4 Å². The Hall–Kier alpha value is -6.24. The van der Waals surface area contributed by atoms with E-state index in [2.05, 4.69) is 16.0 Å². The molecule has 0 bridgehead atoms. The van der Waals surface area contributed by atoms with Crippen LogP contribution in [0.25, 0.3) is 5.57 Å². The van der Waals surface area contributed by atoms with Crippen LogP contribution >= 0.6 is 0 Å². The van der Waals surface area contributed by atoms with E-state index in [1.165, 1.54) is 24.3 Å². The molecule has 0 heterocycles. The van der Waals surface area contributed by atoms with Gasteiger partial charge in [0.05, 0.1) is 11.5 Å². The summed E-state index contributed by atoms with van der Waals surface area (Å²) < 4.78 is 15.7. The summed E-state index contributed by atoms with van der Waals surface area (Å²) in [4.78, 5) is 60.6. The van der Waals surface area contributed by atoms with Crippen LogP contribution in [0.2, 0.25) is 0 Å². The smallest absolute Gasteiger partial charge is 0.449 e. The second-order valence-corrected chi connectivity index (χ2v) is 11.9. The molecular weight excluding hydrogens is 656 g/mol. The van der Waals surface area contributed by atoms with Crippen molar-refractivity contribution in [1.29, 1.82) is 0 Å². The molecular formula is C38H40N4O9. The Kier molecular flexibility index (Phi) is 13.2. The molecule has 0 radical (unpaired) electrons. The van der Waals surface area contributed by atoms with Crippen molar-refractivity contribution in [2.24, 2.45) is 5.92 Å². The number of nitrogens with one attached hydrogen (secondary N) is 3. The number of fused-ring (bicyclic) bond motifs is 1. The van der Waals surface area contributed by atoms with E-state index in [0.29, 0.717) is 11.3 Å². The number of amides is 3. The van der Waals surface area contributed by atoms with E-state index >= 15 is 0 Å². The lowest BCUT2D eigenvalue weighted by Crippen LogP contribution is -2.51. The van der Waals surface area contributed by atoms with Gasteiger partial charge in [0.2, 0.25) is 11.8 Å². The highest BCUT2D eigenvalue weighted by Crippen LogP contribution is 2.42. The highest BCUT2D eigenvalue weighted by Gasteiger charge is 2.30. The van der Waals surface area contributed by atoms with Gasteiger partial charge in [-0.05, 0) is 71.9 Å². The molecule has 1 aliphatic carbocycles. The molecule has 0 aromatic heterocycles. The Bertz CT molecular complexity index is 1830. The molecule has 4 rings (SSSR count). The normalized spacial score (nSPS) is 14.3. The van der Waals surface area contributed by atoms with Gasteiger partial charge >= 0.3 is 12.2 Å². The van der Waals surface area contributed by atoms with Crippen LogP contribution in [0.3, 0.4) is 0 Å². The highest BCUT2D eigenvalue weighted by molar-refractivity contribution is 5.95. The maximum atomic E-state index is 13.0. The first-order chi connectivity index (χ1) is 24.5. The molecule has 2 unspecified atom stereocenters. The number of carbonyl (C=O) groups is 4. The minimum atomic E-state index is -0.992. The van der Waals surface area contributed by atoms with Crippen molar-refractivity contribution in [2.75, 3.05) is 18.5 Å². The number of rotatable bonds is 14. The number of benzene rings is 3. The zero-order valence-corrected chi connectivity index (χ0v) is 28.7. The molecule has 3 aromatic rings. The number of hydrogen-bond acceptors (Lipinski definition) is 9. The Labute approximate surface area is 295 Å². The van der Waals surface area contributed by atoms with Gasteiger partial charge in [0, 0.05) is 23.7 Å². The quantitative estimate of drug-likeness (QED) is 0.0537. The molecule has 0 spiro atoms. The van der Waals surface area contributed by atoms with Crippen molar-refractivity contribution in [2.45, 2.75) is 46.3 Å². The van der Waals surface area contributed by atoms with Crippen LogP contribution in [0.4, 0.5) is 21.0 Å². The summed E-state index contributed by atoms with van der Waals surface area (Å²) in [6, 6.07) is 18.4. The number of nitro benzene ring substituents is 1. The molecule has 3 N–H and O–H groups in total. The number of nitrogens with zero attached hydrogens (tertiary/aromatic N) is 1. The van der Waals surface area contributed by atoms with Crippen LogP contribution in [-0.4, -0.2) is 48.2 Å². The van der Waals surface area contributed by atoms with E-state index in [4.69, 9.17) is 14.2 Å². The van der Waals surface area contributed by atoms with Crippen molar-refractivity contribution >= 4 is 41.0 Å². The lowest BCUT2D eigenvalue weighted by atomic mass is 9.96. The molecule has 51 heavy (non-hydrogen) atoms. The monoisotopic (exact) mass is 696 g/mol. The number of nitro groups is 1. The largest absolute Gasteiger partial charge is 0.514 e. The summed E-state index contributed by atoms with van der Waals surface area (Å²) in [5, 5.41) is 18.6. The summed E-state index contributed by atoms with van der Waals surface area (Å²) in [5.74, 6) is -1.40. The molecule has 13 nitrogen and oxygen atoms in total. The fraction of sp³-hybridized carbons (Fsp3) is 0.263. The van der Waals surface area contributed by atoms with Crippen molar-refractivity contribution in [1.82, 2.24) is 10.6 Å². The third kappa shape index (κ3) is 10.6. The molecule has 0 aliphatic heterocycles. The van der Waals surface area contributed by atoms with Gasteiger partial charge in [0.1, 0.15) is 25.0 Å². The fourth-order valence-electron chi connectivity index (χ4n) is 5.35. The van der Waals surface area contributed by atoms with Crippen LogP contribution < -0.4 is 20.7 Å². The summed E-state index contributed by atoms with van der Waals surface area (Å²) in [6.07, 6.45) is 6.11. The second kappa shape index (κ2) is 18.0. The third-order valence-corrected chi connectivity index (χ3v) is 8.00. The van der Waals surface area contributed by atoms with Gasteiger partial charge in [-0.15, -0.1) is 0 Å². The van der Waals surface area contributed by atoms with Gasteiger partial charge in [0.15, 0.2) is 0 Å². The predicted molar refractivity (Wildman–Crippen MR) is 191 cm³/mol. The van der Waals surface area contributed by atoms with Crippen molar-refractivity contribution < 1.29 is 38.3 Å². The van der Waals surface area contributed by atoms with Crippen molar-refractivity contribution in [3.05, 3.63) is 129 Å². The van der Waals surface area contributed by atoms with E-state index in [0.717, 1.165) is 22.3 Å². The number of anilines is 1. The number of alkyl carbamates (subject to hydrolysis) is 1. The Morgan fingerprint density at radius 3 is 2.31 bits per heavy atom. The number of hydrogen-bond donors (Lipinski definition) is 3. The van der Waals surface area contributed by atoms with Crippen LogP contribution in [0.15, 0.2) is 103 Å². The molecule has 13 heteroatoms. The molecule has 0 saturated heterocycles. The summed E-state index contributed by atoms with van der Waals surface area (Å²) in [5.41, 5.74) is 5.23. The standard InChI is InChI=1S/C38H40N4O9/c1-5-6-7-10-31-25(4)30-11-8-9-12-32(30)33(31)23-49-37(45)41-35(24(2)3)36(44)39-21-34(43)40-27-15-13-26(14-16-27)22-50-38(46)51-29-19-17-28(18-20-29)42(47)48/h5-20,24,33,35H,21-23H2,1-4H3,(H,39,44)(H,40,43)(H,41,45)/b6-5-,10-7-. The molecule has 3 aromatic carbocycles. The summed E-state index contributed by atoms with van der Waals surface area (Å²) >= 11 is 0. The zero-order chi connectivity index (χ0) is 36.9. The second-order valence-electron chi connectivity index (χ2n) is 11.9. The van der Waals surface area contributed by atoms with Crippen LogP contribution in [0, 0.1) is 16.0 Å². The minimum absolute atomic E-state index is 0.0850. The van der Waals surface area contributed by atoms with Gasteiger partial charge in [-0.25, -0.2) is 9.59 Å². The van der Waals surface area contributed by atoms with Crippen molar-refractivity contribution in [3.8, 4) is 5.75 Å². The lowest BCUT2D eigenvalue weighted by molar-refractivity contribution is -0.384. The number of non-ortho nitro benzene ring substituents is 1. The Morgan fingerprint density at radius 1 is 0.941 bits per heavy atom. The van der Waals surface area contributed by atoms with E-state index in [9.17, 15) is 29.3 Å². The summed E-state index contributed by atoms with van der Waals surface area (Å²) in [6.45, 7) is 7.14. The topological polar surface area (TPSA) is 175 Å². The SMILES string of the molecule is C/C=C\C=C/C1=C(C)c2ccccc2C1COC(=O)NC(C(=O)NCC(=O)Nc1ccc(COC(=O)Oc2ccc([N+](=O)[O-])cc2)cc1)C(C)C. The maximum absolute atomic E-state index is 13.0. The first-order valence-electron chi connectivity index (χ1n) is 16.2. The Balaban J connectivity index is 1.22. The predicted octanol–water partition coefficient (Wildman–Crippen LogP) is 6.82. The first-order valence-corrected chi connectivity index (χ1v) is 16.2. The average Bonchev–Trinajstić information content (AvgIpc) is 3.38. The Morgan fingerprint density at radius 2 is 1.65 bits per heavy atom. The van der Waals surface area contributed by atoms with Crippen LogP contribution in [0.5, 0.6) is 5.75 Å². The van der Waals surface area contributed by atoms with Gasteiger partial charge in [0.25, 0.3) is 5.69 Å². The number of ether oxygens (including phenoxy) is 3. The maximum Gasteiger partial charge on any atom is 0.514 e. The number of allylic oxidation sites excluding steroid dienone is 5. The lowest BCUT2D eigenvalue weighted by Gasteiger charge is -2.22. The van der Waals surface area contributed by atoms with Gasteiger partial charge < -0.3 is 30.2 Å². The molecule has 266 valence electrons. The van der Waals surface area contributed by atoms with E-state index < -0.39 is 35.0 Å². The average molecular weight is 697 g/mol. The van der Waals surface area contributed by atoms with E-state index in [1.54, 1.807) is 38.1 Å². The number of carbonyl (C=O) groups excluding carboxylic acids is 4. The molecule has 0 fully saturated rings. The first kappa shape index (κ1) is 37.6. The van der Waals surface area contributed by atoms with Gasteiger partial charge in [-0.1, -0.05) is 74.5 Å². The van der Waals surface area contributed by atoms with Crippen LogP contribution in [0.1, 0.15) is 50.3 Å². The summed E-state index contributed by atoms with van der Waals surface area (Å²) in [7, 11) is 0. The molecule has 2 atom stereocenters. The zero-order valence-electron chi connectivity index (χ0n) is 28.7. The molecule has 0 saturated carbocycles. The van der Waals surface area contributed by atoms with Gasteiger partial charge in [-0.2, -0.15) is 0 Å². The van der Waals surface area contributed by atoms with Crippen LogP contribution in [-0.2, 0) is 25.7 Å². The molecule has 3 amide bonds. The fourth-order valence-corrected chi connectivity index (χ4v) is 5.35. The van der Waals surface area contributed by atoms with E-state index in [-0.39, 0.29) is 43.0 Å². The third-order valence-electron chi connectivity index (χ3n) is 8.00.